The zero-order valence-corrected chi connectivity index (χ0v) is 12.6. The molecule has 0 aromatic carbocycles. The zero-order valence-electron chi connectivity index (χ0n) is 11.0. The van der Waals surface area contributed by atoms with Crippen LogP contribution in [0.2, 0.25) is 0 Å². The molecule has 0 amide bonds. The second kappa shape index (κ2) is 7.34. The smallest absolute Gasteiger partial charge is 0.320 e. The van der Waals surface area contributed by atoms with Crippen molar-refractivity contribution in [1.29, 1.82) is 0 Å². The first-order chi connectivity index (χ1) is 8.08. The molecule has 0 bridgehead atoms. The number of alkyl halides is 1. The van der Waals surface area contributed by atoms with Crippen molar-refractivity contribution in [2.75, 3.05) is 40.3 Å². The average molecular weight is 307 g/mol. The quantitative estimate of drug-likeness (QED) is 0.580. The van der Waals surface area contributed by atoms with Crippen LogP contribution < -0.4 is 0 Å². The number of nitrogens with zero attached hydrogens (tertiary/aromatic N) is 2. The predicted octanol–water partition coefficient (Wildman–Crippen LogP) is 1.34. The highest BCUT2D eigenvalue weighted by molar-refractivity contribution is 9.10. The third kappa shape index (κ3) is 4.56. The Bertz CT molecular complexity index is 251. The highest BCUT2D eigenvalue weighted by atomic mass is 79.9. The van der Waals surface area contributed by atoms with Crippen LogP contribution in [0.15, 0.2) is 0 Å². The number of methoxy groups -OCH3 is 1. The maximum atomic E-state index is 11.4. The van der Waals surface area contributed by atoms with Crippen molar-refractivity contribution in [3.8, 4) is 0 Å². The van der Waals surface area contributed by atoms with E-state index in [9.17, 15) is 4.79 Å². The fourth-order valence-electron chi connectivity index (χ4n) is 2.33. The van der Waals surface area contributed by atoms with Crippen LogP contribution in [0, 0.1) is 0 Å². The highest BCUT2D eigenvalue weighted by Gasteiger charge is 2.26. The Balaban J connectivity index is 2.57. The van der Waals surface area contributed by atoms with E-state index in [2.05, 4.69) is 39.7 Å². The van der Waals surface area contributed by atoms with Gasteiger partial charge in [0.05, 0.1) is 7.11 Å². The normalized spacial score (nSPS) is 25.3. The van der Waals surface area contributed by atoms with E-state index in [0.29, 0.717) is 6.04 Å². The molecule has 1 rings (SSSR count). The number of ether oxygens (including phenoxy) is 1. The summed E-state index contributed by atoms with van der Waals surface area (Å²) >= 11 is 3.41. The van der Waals surface area contributed by atoms with Gasteiger partial charge in [-0.25, -0.2) is 0 Å². The van der Waals surface area contributed by atoms with Gasteiger partial charge in [0.25, 0.3) is 0 Å². The third-order valence-corrected chi connectivity index (χ3v) is 4.01. The molecule has 0 aromatic heterocycles. The fourth-order valence-corrected chi connectivity index (χ4v) is 2.89. The molecular formula is C12H23BrN2O2. The van der Waals surface area contributed by atoms with Crippen molar-refractivity contribution in [3.05, 3.63) is 0 Å². The van der Waals surface area contributed by atoms with Crippen LogP contribution in [0.4, 0.5) is 0 Å². The fraction of sp³-hybridized carbons (Fsp3) is 0.917. The van der Waals surface area contributed by atoms with Crippen LogP contribution in [0.3, 0.4) is 0 Å². The lowest BCUT2D eigenvalue weighted by atomic mass is 10.1. The minimum atomic E-state index is -0.218. The summed E-state index contributed by atoms with van der Waals surface area (Å²) in [4.78, 5) is 16.0. The maximum Gasteiger partial charge on any atom is 0.320 e. The standard InChI is InChI=1S/C12H23BrN2O2/c1-4-10-8-14(2)6-5-7-15(10)9-11(13)12(16)17-3/h10-11H,4-9H2,1-3H3. The Morgan fingerprint density at radius 2 is 2.24 bits per heavy atom. The van der Waals surface area contributed by atoms with Crippen molar-refractivity contribution >= 4 is 21.9 Å². The Kier molecular flexibility index (Phi) is 6.44. The van der Waals surface area contributed by atoms with Crippen LogP contribution in [-0.2, 0) is 9.53 Å². The molecule has 1 aliphatic rings. The first-order valence-corrected chi connectivity index (χ1v) is 7.14. The average Bonchev–Trinajstić information content (AvgIpc) is 2.50. The molecular weight excluding hydrogens is 284 g/mol. The van der Waals surface area contributed by atoms with Crippen molar-refractivity contribution in [3.63, 3.8) is 0 Å². The van der Waals surface area contributed by atoms with Gasteiger partial charge in [-0.05, 0) is 33.0 Å². The Morgan fingerprint density at radius 1 is 1.53 bits per heavy atom. The van der Waals surface area contributed by atoms with Crippen LogP contribution in [0.5, 0.6) is 0 Å². The van der Waals surface area contributed by atoms with E-state index >= 15 is 0 Å². The lowest BCUT2D eigenvalue weighted by Gasteiger charge is -2.31. The Morgan fingerprint density at radius 3 is 2.82 bits per heavy atom. The summed E-state index contributed by atoms with van der Waals surface area (Å²) in [5.74, 6) is -0.183. The van der Waals surface area contributed by atoms with Crippen molar-refractivity contribution in [1.82, 2.24) is 9.80 Å². The summed E-state index contributed by atoms with van der Waals surface area (Å²) < 4.78 is 4.75. The molecule has 1 fully saturated rings. The van der Waals surface area contributed by atoms with E-state index in [1.54, 1.807) is 0 Å². The number of hydrogen-bond acceptors (Lipinski definition) is 4. The lowest BCUT2D eigenvalue weighted by molar-refractivity contribution is -0.140. The van der Waals surface area contributed by atoms with Crippen molar-refractivity contribution in [2.24, 2.45) is 0 Å². The molecule has 0 aliphatic carbocycles. The third-order valence-electron chi connectivity index (χ3n) is 3.35. The molecule has 0 saturated carbocycles. The zero-order chi connectivity index (χ0) is 12.8. The number of halogens is 1. The van der Waals surface area contributed by atoms with Gasteiger partial charge >= 0.3 is 5.97 Å². The minimum Gasteiger partial charge on any atom is -0.468 e. The van der Waals surface area contributed by atoms with Gasteiger partial charge in [0.2, 0.25) is 0 Å². The molecule has 4 nitrogen and oxygen atoms in total. The monoisotopic (exact) mass is 306 g/mol. The highest BCUT2D eigenvalue weighted by Crippen LogP contribution is 2.15. The summed E-state index contributed by atoms with van der Waals surface area (Å²) in [5.41, 5.74) is 0. The minimum absolute atomic E-state index is 0.183. The van der Waals surface area contributed by atoms with E-state index in [4.69, 9.17) is 4.74 Å². The van der Waals surface area contributed by atoms with E-state index in [1.807, 2.05) is 0 Å². The second-order valence-corrected chi connectivity index (χ2v) is 5.77. The SMILES string of the molecule is CCC1CN(C)CCCN1CC(Br)C(=O)OC. The van der Waals surface area contributed by atoms with Gasteiger partial charge in [-0.15, -0.1) is 0 Å². The Hall–Kier alpha value is -0.130. The molecule has 0 N–H and O–H groups in total. The summed E-state index contributed by atoms with van der Waals surface area (Å²) in [6, 6.07) is 0.534. The maximum absolute atomic E-state index is 11.4. The number of esters is 1. The van der Waals surface area contributed by atoms with Gasteiger partial charge in [-0.3, -0.25) is 9.69 Å². The molecule has 2 atom stereocenters. The first kappa shape index (κ1) is 14.9. The van der Waals surface area contributed by atoms with Gasteiger partial charge in [0, 0.05) is 19.1 Å². The molecule has 2 unspecified atom stereocenters. The van der Waals surface area contributed by atoms with Gasteiger partial charge in [0.15, 0.2) is 0 Å². The topological polar surface area (TPSA) is 32.8 Å². The van der Waals surface area contributed by atoms with Crippen LogP contribution in [-0.4, -0.2) is 67.0 Å². The number of likely N-dealkylation sites (N-methyl/N-ethyl adjacent to an activating group) is 1. The van der Waals surface area contributed by atoms with Gasteiger partial charge in [-0.2, -0.15) is 0 Å². The van der Waals surface area contributed by atoms with Crippen LogP contribution in [0.1, 0.15) is 19.8 Å². The van der Waals surface area contributed by atoms with Gasteiger partial charge < -0.3 is 9.64 Å². The van der Waals surface area contributed by atoms with E-state index in [-0.39, 0.29) is 10.8 Å². The molecule has 0 radical (unpaired) electrons. The molecule has 1 aliphatic heterocycles. The van der Waals surface area contributed by atoms with Gasteiger partial charge in [-0.1, -0.05) is 22.9 Å². The van der Waals surface area contributed by atoms with Crippen LogP contribution >= 0.6 is 15.9 Å². The van der Waals surface area contributed by atoms with Gasteiger partial charge in [0.1, 0.15) is 4.83 Å². The number of carbonyl (C=O) groups excluding carboxylic acids is 1. The Labute approximate surface area is 112 Å². The second-order valence-electron chi connectivity index (χ2n) is 4.66. The van der Waals surface area contributed by atoms with Crippen molar-refractivity contribution < 1.29 is 9.53 Å². The number of carbonyl (C=O) groups is 1. The van der Waals surface area contributed by atoms with E-state index in [1.165, 1.54) is 7.11 Å². The molecule has 0 aromatic rings. The summed E-state index contributed by atoms with van der Waals surface area (Å²) in [6.45, 7) is 6.22. The molecule has 0 spiro atoms. The van der Waals surface area contributed by atoms with Crippen molar-refractivity contribution in [2.45, 2.75) is 30.6 Å². The number of rotatable bonds is 4. The molecule has 1 heterocycles. The van der Waals surface area contributed by atoms with Crippen LogP contribution in [0.25, 0.3) is 0 Å². The van der Waals surface area contributed by atoms with E-state index in [0.717, 1.165) is 39.0 Å². The number of hydrogen-bond donors (Lipinski definition) is 0. The molecule has 17 heavy (non-hydrogen) atoms. The summed E-state index contributed by atoms with van der Waals surface area (Å²) in [6.07, 6.45) is 2.28. The molecule has 100 valence electrons. The summed E-state index contributed by atoms with van der Waals surface area (Å²) in [5, 5.41) is 0. The van der Waals surface area contributed by atoms with E-state index < -0.39 is 0 Å². The molecule has 1 saturated heterocycles. The predicted molar refractivity (Wildman–Crippen MR) is 72.5 cm³/mol. The lowest BCUT2D eigenvalue weighted by Crippen LogP contribution is -2.44. The first-order valence-electron chi connectivity index (χ1n) is 6.23. The molecule has 5 heteroatoms. The summed E-state index contributed by atoms with van der Waals surface area (Å²) in [7, 11) is 3.60. The largest absolute Gasteiger partial charge is 0.468 e.